The van der Waals surface area contributed by atoms with Gasteiger partial charge < -0.3 is 5.32 Å². The van der Waals surface area contributed by atoms with Crippen molar-refractivity contribution in [2.75, 3.05) is 6.54 Å². The molecule has 1 N–H and O–H groups in total. The van der Waals surface area contributed by atoms with Gasteiger partial charge in [0.2, 0.25) is 0 Å². The third-order valence-electron chi connectivity index (χ3n) is 4.76. The van der Waals surface area contributed by atoms with Crippen LogP contribution in [0.1, 0.15) is 57.2 Å². The number of hydrogen-bond donors (Lipinski definition) is 1. The molecular formula is C18H28BrN. The summed E-state index contributed by atoms with van der Waals surface area (Å²) >= 11 is 3.69. The van der Waals surface area contributed by atoms with Gasteiger partial charge in [0, 0.05) is 10.5 Å². The van der Waals surface area contributed by atoms with Crippen LogP contribution in [0, 0.1) is 24.7 Å². The molecular weight excluding hydrogens is 310 g/mol. The predicted octanol–water partition coefficient (Wildman–Crippen LogP) is 5.48. The van der Waals surface area contributed by atoms with Crippen LogP contribution in [0.15, 0.2) is 22.7 Å². The quantitative estimate of drug-likeness (QED) is 0.766. The van der Waals surface area contributed by atoms with Crippen molar-refractivity contribution in [2.24, 2.45) is 17.8 Å². The molecule has 0 saturated heterocycles. The Morgan fingerprint density at radius 2 is 1.85 bits per heavy atom. The third-order valence-corrected chi connectivity index (χ3v) is 5.61. The second-order valence-electron chi connectivity index (χ2n) is 6.67. The van der Waals surface area contributed by atoms with E-state index >= 15 is 0 Å². The maximum absolute atomic E-state index is 3.76. The molecule has 0 aliphatic heterocycles. The third kappa shape index (κ3) is 3.65. The minimum Gasteiger partial charge on any atom is -0.310 e. The maximum atomic E-state index is 3.76. The average molecular weight is 338 g/mol. The topological polar surface area (TPSA) is 12.0 Å². The highest BCUT2D eigenvalue weighted by molar-refractivity contribution is 9.10. The first-order chi connectivity index (χ1) is 9.52. The zero-order chi connectivity index (χ0) is 14.7. The summed E-state index contributed by atoms with van der Waals surface area (Å²) in [4.78, 5) is 0. The maximum Gasteiger partial charge on any atom is 0.0351 e. The van der Waals surface area contributed by atoms with Crippen LogP contribution in [0.4, 0.5) is 0 Å². The highest BCUT2D eigenvalue weighted by Gasteiger charge is 2.31. The molecule has 0 radical (unpaired) electrons. The molecule has 3 unspecified atom stereocenters. The minimum atomic E-state index is 0.503. The van der Waals surface area contributed by atoms with Crippen LogP contribution < -0.4 is 5.32 Å². The smallest absolute Gasteiger partial charge is 0.0351 e. The van der Waals surface area contributed by atoms with Crippen LogP contribution in [0.3, 0.4) is 0 Å². The summed E-state index contributed by atoms with van der Waals surface area (Å²) in [7, 11) is 0. The molecule has 1 aliphatic rings. The Bertz CT molecular complexity index is 433. The molecule has 1 saturated carbocycles. The fraction of sp³-hybridized carbons (Fsp3) is 0.667. The first-order valence-electron chi connectivity index (χ1n) is 8.01. The Hall–Kier alpha value is -0.340. The van der Waals surface area contributed by atoms with Crippen molar-refractivity contribution < 1.29 is 0 Å². The Kier molecular flexibility index (Phi) is 5.68. The molecule has 112 valence electrons. The van der Waals surface area contributed by atoms with Gasteiger partial charge in [0.1, 0.15) is 0 Å². The molecule has 1 aromatic rings. The van der Waals surface area contributed by atoms with Gasteiger partial charge in [-0.25, -0.2) is 0 Å². The summed E-state index contributed by atoms with van der Waals surface area (Å²) in [6, 6.07) is 7.13. The Morgan fingerprint density at radius 3 is 2.45 bits per heavy atom. The van der Waals surface area contributed by atoms with Crippen molar-refractivity contribution in [3.8, 4) is 0 Å². The normalized spacial score (nSPS) is 28.4. The Balaban J connectivity index is 2.28. The standard InChI is InChI=1S/C18H28BrN/c1-5-20-18(15-10-12(2)9-13(3)11-15)16-7-6-8-17(19)14(16)4/h6-8,12-13,15,18,20H,5,9-11H2,1-4H3. The van der Waals surface area contributed by atoms with Crippen LogP contribution in [-0.4, -0.2) is 6.54 Å². The van der Waals surface area contributed by atoms with E-state index in [1.165, 1.54) is 34.9 Å². The molecule has 1 nitrogen and oxygen atoms in total. The van der Waals surface area contributed by atoms with Crippen molar-refractivity contribution in [2.45, 2.75) is 53.0 Å². The van der Waals surface area contributed by atoms with Gasteiger partial charge in [0.05, 0.1) is 0 Å². The number of nitrogens with one attached hydrogen (secondary N) is 1. The van der Waals surface area contributed by atoms with Crippen LogP contribution in [0.5, 0.6) is 0 Å². The highest BCUT2D eigenvalue weighted by atomic mass is 79.9. The lowest BCUT2D eigenvalue weighted by molar-refractivity contribution is 0.177. The molecule has 3 atom stereocenters. The predicted molar refractivity (Wildman–Crippen MR) is 91.0 cm³/mol. The lowest BCUT2D eigenvalue weighted by Crippen LogP contribution is -2.33. The number of benzene rings is 1. The number of halogens is 1. The second kappa shape index (κ2) is 7.09. The second-order valence-corrected chi connectivity index (χ2v) is 7.52. The molecule has 20 heavy (non-hydrogen) atoms. The summed E-state index contributed by atoms with van der Waals surface area (Å²) in [5.74, 6) is 2.48. The van der Waals surface area contributed by atoms with Crippen molar-refractivity contribution in [1.29, 1.82) is 0 Å². The van der Waals surface area contributed by atoms with Crippen LogP contribution in [0.25, 0.3) is 0 Å². The Morgan fingerprint density at radius 1 is 1.20 bits per heavy atom. The lowest BCUT2D eigenvalue weighted by Gasteiger charge is -2.37. The summed E-state index contributed by atoms with van der Waals surface area (Å²) in [6.45, 7) is 10.3. The van der Waals surface area contributed by atoms with E-state index in [2.05, 4.69) is 67.1 Å². The van der Waals surface area contributed by atoms with Gasteiger partial charge in [-0.05, 0) is 67.7 Å². The zero-order valence-corrected chi connectivity index (χ0v) is 14.8. The first kappa shape index (κ1) is 16.0. The number of hydrogen-bond acceptors (Lipinski definition) is 1. The van der Waals surface area contributed by atoms with E-state index in [-0.39, 0.29) is 0 Å². The van der Waals surface area contributed by atoms with Gasteiger partial charge in [-0.3, -0.25) is 0 Å². The summed E-state index contributed by atoms with van der Waals surface area (Å²) < 4.78 is 1.23. The molecule has 0 bridgehead atoms. The van der Waals surface area contributed by atoms with E-state index in [0.29, 0.717) is 6.04 Å². The van der Waals surface area contributed by atoms with Gasteiger partial charge in [-0.2, -0.15) is 0 Å². The molecule has 0 amide bonds. The van der Waals surface area contributed by atoms with E-state index in [1.54, 1.807) is 0 Å². The molecule has 1 aromatic carbocycles. The van der Waals surface area contributed by atoms with Crippen molar-refractivity contribution in [3.05, 3.63) is 33.8 Å². The minimum absolute atomic E-state index is 0.503. The molecule has 1 aliphatic carbocycles. The summed E-state index contributed by atoms with van der Waals surface area (Å²) in [5, 5.41) is 3.76. The zero-order valence-electron chi connectivity index (χ0n) is 13.2. The SMILES string of the molecule is CCNC(c1cccc(Br)c1C)C1CC(C)CC(C)C1. The lowest BCUT2D eigenvalue weighted by atomic mass is 9.72. The van der Waals surface area contributed by atoms with Crippen molar-refractivity contribution >= 4 is 15.9 Å². The summed E-state index contributed by atoms with van der Waals surface area (Å²) in [6.07, 6.45) is 4.11. The largest absolute Gasteiger partial charge is 0.310 e. The van der Waals surface area contributed by atoms with E-state index < -0.39 is 0 Å². The molecule has 2 rings (SSSR count). The van der Waals surface area contributed by atoms with Gasteiger partial charge in [0.15, 0.2) is 0 Å². The van der Waals surface area contributed by atoms with E-state index in [0.717, 1.165) is 24.3 Å². The van der Waals surface area contributed by atoms with Gasteiger partial charge in [0.25, 0.3) is 0 Å². The molecule has 2 heteroatoms. The van der Waals surface area contributed by atoms with Gasteiger partial charge >= 0.3 is 0 Å². The summed E-state index contributed by atoms with van der Waals surface area (Å²) in [5.41, 5.74) is 2.87. The van der Waals surface area contributed by atoms with Crippen LogP contribution >= 0.6 is 15.9 Å². The van der Waals surface area contributed by atoms with Gasteiger partial charge in [-0.1, -0.05) is 48.8 Å². The van der Waals surface area contributed by atoms with Crippen molar-refractivity contribution in [3.63, 3.8) is 0 Å². The highest BCUT2D eigenvalue weighted by Crippen LogP contribution is 2.41. The number of rotatable bonds is 4. The fourth-order valence-electron chi connectivity index (χ4n) is 3.99. The molecule has 1 fully saturated rings. The van der Waals surface area contributed by atoms with Crippen molar-refractivity contribution in [1.82, 2.24) is 5.32 Å². The monoisotopic (exact) mass is 337 g/mol. The van der Waals surface area contributed by atoms with E-state index in [4.69, 9.17) is 0 Å². The molecule has 0 spiro atoms. The van der Waals surface area contributed by atoms with E-state index in [1.807, 2.05) is 0 Å². The molecule has 0 aromatic heterocycles. The first-order valence-corrected chi connectivity index (χ1v) is 8.80. The average Bonchev–Trinajstić information content (AvgIpc) is 2.38. The van der Waals surface area contributed by atoms with Gasteiger partial charge in [-0.15, -0.1) is 0 Å². The molecule has 0 heterocycles. The Labute approximate surface area is 132 Å². The fourth-order valence-corrected chi connectivity index (χ4v) is 4.37. The van der Waals surface area contributed by atoms with E-state index in [9.17, 15) is 0 Å². The van der Waals surface area contributed by atoms with Crippen LogP contribution in [-0.2, 0) is 0 Å². The van der Waals surface area contributed by atoms with Crippen LogP contribution in [0.2, 0.25) is 0 Å².